The number of halogens is 1. The molecular formula is C12H12ClN3O2. The number of rotatable bonds is 3. The average Bonchev–Trinajstić information content (AvgIpc) is 2.38. The van der Waals surface area contributed by atoms with E-state index in [1.165, 1.54) is 18.0 Å². The molecule has 94 valence electrons. The van der Waals surface area contributed by atoms with E-state index in [9.17, 15) is 4.79 Å². The third-order valence-corrected chi connectivity index (χ3v) is 2.69. The lowest BCUT2D eigenvalue weighted by atomic mass is 10.3. The highest BCUT2D eigenvalue weighted by atomic mass is 35.5. The monoisotopic (exact) mass is 265 g/mol. The number of benzene rings is 1. The molecule has 0 atom stereocenters. The molecule has 1 aromatic carbocycles. The minimum atomic E-state index is -0.260. The van der Waals surface area contributed by atoms with Crippen LogP contribution in [0.2, 0.25) is 5.02 Å². The molecule has 0 fully saturated rings. The Labute approximate surface area is 109 Å². The number of nitrogens with zero attached hydrogens (tertiary/aromatic N) is 2. The molecule has 0 spiro atoms. The van der Waals surface area contributed by atoms with Gasteiger partial charge in [-0.15, -0.1) is 0 Å². The summed E-state index contributed by atoms with van der Waals surface area (Å²) in [5.74, 6) is 0.396. The molecule has 18 heavy (non-hydrogen) atoms. The average molecular weight is 266 g/mol. The molecule has 2 aromatic rings. The number of nitrogens with one attached hydrogen (secondary N) is 1. The zero-order chi connectivity index (χ0) is 13.1. The van der Waals surface area contributed by atoms with E-state index in [4.69, 9.17) is 16.3 Å². The van der Waals surface area contributed by atoms with Gasteiger partial charge in [-0.25, -0.2) is 4.68 Å². The Morgan fingerprint density at radius 2 is 2.00 bits per heavy atom. The van der Waals surface area contributed by atoms with Crippen LogP contribution in [0.5, 0.6) is 5.75 Å². The molecule has 0 aliphatic rings. The minimum Gasteiger partial charge on any atom is -0.493 e. The quantitative estimate of drug-likeness (QED) is 0.924. The SMILES string of the molecule is COc1cnn(C)c(=O)c1Nc1ccc(Cl)cc1. The van der Waals surface area contributed by atoms with Crippen molar-refractivity contribution in [1.29, 1.82) is 0 Å². The Balaban J connectivity index is 2.42. The van der Waals surface area contributed by atoms with Gasteiger partial charge in [-0.2, -0.15) is 5.10 Å². The van der Waals surface area contributed by atoms with Crippen molar-refractivity contribution in [2.45, 2.75) is 0 Å². The highest BCUT2D eigenvalue weighted by Gasteiger charge is 2.10. The van der Waals surface area contributed by atoms with Crippen LogP contribution in [-0.4, -0.2) is 16.9 Å². The van der Waals surface area contributed by atoms with Gasteiger partial charge < -0.3 is 10.1 Å². The number of hydrogen-bond donors (Lipinski definition) is 1. The summed E-state index contributed by atoms with van der Waals surface area (Å²) in [7, 11) is 3.07. The fourth-order valence-electron chi connectivity index (χ4n) is 1.47. The number of hydrogen-bond acceptors (Lipinski definition) is 4. The van der Waals surface area contributed by atoms with Crippen LogP contribution < -0.4 is 15.6 Å². The minimum absolute atomic E-state index is 0.260. The molecule has 6 heteroatoms. The van der Waals surface area contributed by atoms with Gasteiger partial charge in [-0.3, -0.25) is 4.79 Å². The van der Waals surface area contributed by atoms with Crippen molar-refractivity contribution in [3.05, 3.63) is 45.8 Å². The van der Waals surface area contributed by atoms with Crippen molar-refractivity contribution in [2.75, 3.05) is 12.4 Å². The van der Waals surface area contributed by atoms with Gasteiger partial charge in [0.2, 0.25) is 0 Å². The smallest absolute Gasteiger partial charge is 0.294 e. The Morgan fingerprint density at radius 1 is 1.33 bits per heavy atom. The fraction of sp³-hybridized carbons (Fsp3) is 0.167. The van der Waals surface area contributed by atoms with E-state index in [0.717, 1.165) is 5.69 Å². The topological polar surface area (TPSA) is 56.2 Å². The third kappa shape index (κ3) is 2.46. The molecule has 1 N–H and O–H groups in total. The predicted octanol–water partition coefficient (Wildman–Crippen LogP) is 2.19. The van der Waals surface area contributed by atoms with E-state index >= 15 is 0 Å². The summed E-state index contributed by atoms with van der Waals surface area (Å²) in [6, 6.07) is 7.04. The largest absolute Gasteiger partial charge is 0.493 e. The summed E-state index contributed by atoms with van der Waals surface area (Å²) in [6.45, 7) is 0. The predicted molar refractivity (Wildman–Crippen MR) is 70.8 cm³/mol. The van der Waals surface area contributed by atoms with Gasteiger partial charge in [-0.05, 0) is 24.3 Å². The molecule has 5 nitrogen and oxygen atoms in total. The number of ether oxygens (including phenoxy) is 1. The molecule has 0 aliphatic heterocycles. The number of aromatic nitrogens is 2. The summed E-state index contributed by atoms with van der Waals surface area (Å²) >= 11 is 5.80. The molecular weight excluding hydrogens is 254 g/mol. The molecule has 2 rings (SSSR count). The van der Waals surface area contributed by atoms with Crippen molar-refractivity contribution in [3.63, 3.8) is 0 Å². The van der Waals surface area contributed by atoms with Gasteiger partial charge in [0.1, 0.15) is 0 Å². The van der Waals surface area contributed by atoms with E-state index in [2.05, 4.69) is 10.4 Å². The summed E-state index contributed by atoms with van der Waals surface area (Å²) in [6.07, 6.45) is 1.49. The first-order chi connectivity index (χ1) is 8.61. The molecule has 1 heterocycles. The van der Waals surface area contributed by atoms with Crippen LogP contribution >= 0.6 is 11.6 Å². The van der Waals surface area contributed by atoms with Crippen LogP contribution in [0.15, 0.2) is 35.3 Å². The Kier molecular flexibility index (Phi) is 3.53. The zero-order valence-corrected chi connectivity index (χ0v) is 10.7. The Morgan fingerprint density at radius 3 is 2.61 bits per heavy atom. The van der Waals surface area contributed by atoms with Gasteiger partial charge >= 0.3 is 0 Å². The lowest BCUT2D eigenvalue weighted by Crippen LogP contribution is -2.22. The highest BCUT2D eigenvalue weighted by molar-refractivity contribution is 6.30. The molecule has 0 saturated heterocycles. The highest BCUT2D eigenvalue weighted by Crippen LogP contribution is 2.23. The number of aryl methyl sites for hydroxylation is 1. The van der Waals surface area contributed by atoms with Gasteiger partial charge in [0.15, 0.2) is 11.4 Å². The molecule has 0 saturated carbocycles. The second-order valence-electron chi connectivity index (χ2n) is 3.65. The number of methoxy groups -OCH3 is 1. The summed E-state index contributed by atoms with van der Waals surface area (Å²) in [5, 5.41) is 7.52. The molecule has 0 unspecified atom stereocenters. The number of anilines is 2. The summed E-state index contributed by atoms with van der Waals surface area (Å²) < 4.78 is 6.35. The maximum absolute atomic E-state index is 12.0. The Hall–Kier alpha value is -2.01. The standard InChI is InChI=1S/C12H12ClN3O2/c1-16-12(17)11(10(18-2)7-14-16)15-9-5-3-8(13)4-6-9/h3-7,15H,1-2H3. The molecule has 0 amide bonds. The van der Waals surface area contributed by atoms with Crippen LogP contribution in [0.4, 0.5) is 11.4 Å². The summed E-state index contributed by atoms with van der Waals surface area (Å²) in [4.78, 5) is 12.0. The first kappa shape index (κ1) is 12.4. The second kappa shape index (κ2) is 5.10. The van der Waals surface area contributed by atoms with E-state index in [0.29, 0.717) is 16.5 Å². The van der Waals surface area contributed by atoms with Crippen molar-refractivity contribution in [2.24, 2.45) is 7.05 Å². The van der Waals surface area contributed by atoms with Gasteiger partial charge in [0.25, 0.3) is 5.56 Å². The van der Waals surface area contributed by atoms with Crippen molar-refractivity contribution < 1.29 is 4.74 Å². The molecule has 1 aromatic heterocycles. The first-order valence-electron chi connectivity index (χ1n) is 5.24. The van der Waals surface area contributed by atoms with Gasteiger partial charge in [0, 0.05) is 17.8 Å². The van der Waals surface area contributed by atoms with E-state index < -0.39 is 0 Å². The van der Waals surface area contributed by atoms with Crippen molar-refractivity contribution in [3.8, 4) is 5.75 Å². The second-order valence-corrected chi connectivity index (χ2v) is 4.09. The van der Waals surface area contributed by atoms with Crippen LogP contribution in [0.3, 0.4) is 0 Å². The fourth-order valence-corrected chi connectivity index (χ4v) is 1.60. The van der Waals surface area contributed by atoms with Crippen LogP contribution in [-0.2, 0) is 7.05 Å². The van der Waals surface area contributed by atoms with Crippen molar-refractivity contribution in [1.82, 2.24) is 9.78 Å². The van der Waals surface area contributed by atoms with E-state index in [-0.39, 0.29) is 5.56 Å². The van der Waals surface area contributed by atoms with Gasteiger partial charge in [0.05, 0.1) is 13.3 Å². The summed E-state index contributed by atoms with van der Waals surface area (Å²) in [5.41, 5.74) is 0.836. The lowest BCUT2D eigenvalue weighted by Gasteiger charge is -2.10. The Bertz CT molecular complexity index is 608. The van der Waals surface area contributed by atoms with Gasteiger partial charge in [-0.1, -0.05) is 11.6 Å². The van der Waals surface area contributed by atoms with Crippen molar-refractivity contribution >= 4 is 23.0 Å². The molecule has 0 radical (unpaired) electrons. The van der Waals surface area contributed by atoms with Crippen LogP contribution in [0.25, 0.3) is 0 Å². The zero-order valence-electron chi connectivity index (χ0n) is 9.98. The molecule has 0 bridgehead atoms. The molecule has 0 aliphatic carbocycles. The lowest BCUT2D eigenvalue weighted by molar-refractivity contribution is 0.410. The first-order valence-corrected chi connectivity index (χ1v) is 5.62. The van der Waals surface area contributed by atoms with E-state index in [1.807, 2.05) is 0 Å². The maximum Gasteiger partial charge on any atom is 0.294 e. The van der Waals surface area contributed by atoms with Crippen LogP contribution in [0, 0.1) is 0 Å². The normalized spacial score (nSPS) is 10.2. The third-order valence-electron chi connectivity index (χ3n) is 2.44. The van der Waals surface area contributed by atoms with E-state index in [1.54, 1.807) is 31.3 Å². The van der Waals surface area contributed by atoms with Crippen LogP contribution in [0.1, 0.15) is 0 Å². The maximum atomic E-state index is 12.0.